The molecule has 1 aromatic rings. The predicted octanol–water partition coefficient (Wildman–Crippen LogP) is 2.85. The highest BCUT2D eigenvalue weighted by molar-refractivity contribution is 5.27. The first kappa shape index (κ1) is 13.2. The smallest absolute Gasteiger partial charge is 0.0871 e. The first-order chi connectivity index (χ1) is 7.24. The van der Waals surface area contributed by atoms with E-state index in [-0.39, 0.29) is 11.1 Å². The van der Waals surface area contributed by atoms with Crippen molar-refractivity contribution in [1.29, 1.82) is 0 Å². The zero-order valence-electron chi connectivity index (χ0n) is 11.0. The van der Waals surface area contributed by atoms with Gasteiger partial charge in [-0.05, 0) is 45.2 Å². The summed E-state index contributed by atoms with van der Waals surface area (Å²) in [6.07, 6.45) is 0.890. The zero-order valence-corrected chi connectivity index (χ0v) is 11.0. The molecule has 0 aliphatic rings. The van der Waals surface area contributed by atoms with Crippen molar-refractivity contribution in [2.24, 2.45) is 5.73 Å². The van der Waals surface area contributed by atoms with Crippen molar-refractivity contribution >= 4 is 0 Å². The van der Waals surface area contributed by atoms with Gasteiger partial charge in [0.1, 0.15) is 0 Å². The number of nitrogens with two attached hydrogens (primary N) is 1. The Balaban J connectivity index is 2.84. The second kappa shape index (κ2) is 4.56. The van der Waals surface area contributed by atoms with Gasteiger partial charge in [0.2, 0.25) is 0 Å². The van der Waals surface area contributed by atoms with Gasteiger partial charge in [0.15, 0.2) is 0 Å². The molecule has 0 saturated heterocycles. The zero-order chi connectivity index (χ0) is 12.4. The standard InChI is InChI=1S/C14H23NO/c1-13(2,15)10-11-6-8-12(9-7-11)14(3,4)16-5/h6-9H,10,15H2,1-5H3. The summed E-state index contributed by atoms with van der Waals surface area (Å²) in [6, 6.07) is 8.49. The summed E-state index contributed by atoms with van der Waals surface area (Å²) in [5.41, 5.74) is 8.07. The van der Waals surface area contributed by atoms with E-state index in [9.17, 15) is 0 Å². The average molecular weight is 221 g/mol. The first-order valence-electron chi connectivity index (χ1n) is 5.68. The Bertz CT molecular complexity index is 333. The SMILES string of the molecule is COC(C)(C)c1ccc(CC(C)(C)N)cc1. The lowest BCUT2D eigenvalue weighted by atomic mass is 9.92. The maximum absolute atomic E-state index is 5.99. The lowest BCUT2D eigenvalue weighted by Crippen LogP contribution is -2.34. The molecule has 2 nitrogen and oxygen atoms in total. The third-order valence-electron chi connectivity index (χ3n) is 2.82. The molecule has 2 heteroatoms. The lowest BCUT2D eigenvalue weighted by molar-refractivity contribution is 0.0192. The van der Waals surface area contributed by atoms with E-state index >= 15 is 0 Å². The van der Waals surface area contributed by atoms with Crippen LogP contribution in [0, 0.1) is 0 Å². The molecule has 0 aliphatic heterocycles. The van der Waals surface area contributed by atoms with Gasteiger partial charge in [-0.2, -0.15) is 0 Å². The summed E-state index contributed by atoms with van der Waals surface area (Å²) >= 11 is 0. The molecule has 0 atom stereocenters. The minimum Gasteiger partial charge on any atom is -0.374 e. The minimum absolute atomic E-state index is 0.154. The number of methoxy groups -OCH3 is 1. The van der Waals surface area contributed by atoms with E-state index in [1.807, 2.05) is 13.8 Å². The molecule has 1 aromatic carbocycles. The fourth-order valence-electron chi connectivity index (χ4n) is 1.67. The molecule has 0 radical (unpaired) electrons. The highest BCUT2D eigenvalue weighted by Crippen LogP contribution is 2.24. The van der Waals surface area contributed by atoms with E-state index in [4.69, 9.17) is 10.5 Å². The normalized spacial score (nSPS) is 12.9. The van der Waals surface area contributed by atoms with Crippen LogP contribution in [0.15, 0.2) is 24.3 Å². The van der Waals surface area contributed by atoms with Crippen LogP contribution in [0.5, 0.6) is 0 Å². The van der Waals surface area contributed by atoms with Crippen LogP contribution in [0.25, 0.3) is 0 Å². The van der Waals surface area contributed by atoms with E-state index in [1.165, 1.54) is 11.1 Å². The Kier molecular flexibility index (Phi) is 3.76. The maximum atomic E-state index is 5.99. The topological polar surface area (TPSA) is 35.2 Å². The van der Waals surface area contributed by atoms with Crippen LogP contribution in [-0.2, 0) is 16.8 Å². The molecule has 0 spiro atoms. The van der Waals surface area contributed by atoms with Gasteiger partial charge < -0.3 is 10.5 Å². The second-order valence-corrected chi connectivity index (χ2v) is 5.58. The Hall–Kier alpha value is -0.860. The fraction of sp³-hybridized carbons (Fsp3) is 0.571. The van der Waals surface area contributed by atoms with Gasteiger partial charge in [-0.3, -0.25) is 0 Å². The predicted molar refractivity (Wildman–Crippen MR) is 68.4 cm³/mol. The number of hydrogen-bond donors (Lipinski definition) is 1. The molecule has 16 heavy (non-hydrogen) atoms. The quantitative estimate of drug-likeness (QED) is 0.848. The number of hydrogen-bond acceptors (Lipinski definition) is 2. The Morgan fingerprint density at radius 3 is 1.94 bits per heavy atom. The second-order valence-electron chi connectivity index (χ2n) is 5.58. The Morgan fingerprint density at radius 2 is 1.56 bits per heavy atom. The summed E-state index contributed by atoms with van der Waals surface area (Å²) in [6.45, 7) is 8.21. The van der Waals surface area contributed by atoms with E-state index in [0.717, 1.165) is 6.42 Å². The van der Waals surface area contributed by atoms with Crippen molar-refractivity contribution in [1.82, 2.24) is 0 Å². The van der Waals surface area contributed by atoms with Crippen molar-refractivity contribution in [3.63, 3.8) is 0 Å². The van der Waals surface area contributed by atoms with Crippen molar-refractivity contribution in [2.75, 3.05) is 7.11 Å². The number of benzene rings is 1. The molecule has 0 unspecified atom stereocenters. The monoisotopic (exact) mass is 221 g/mol. The van der Waals surface area contributed by atoms with Gasteiger partial charge in [-0.1, -0.05) is 24.3 Å². The van der Waals surface area contributed by atoms with E-state index in [2.05, 4.69) is 38.1 Å². The molecule has 0 aromatic heterocycles. The summed E-state index contributed by atoms with van der Waals surface area (Å²) < 4.78 is 5.44. The van der Waals surface area contributed by atoms with Gasteiger partial charge in [0.25, 0.3) is 0 Å². The summed E-state index contributed by atoms with van der Waals surface area (Å²) in [7, 11) is 1.73. The minimum atomic E-state index is -0.225. The van der Waals surface area contributed by atoms with Crippen LogP contribution in [0.2, 0.25) is 0 Å². The molecule has 2 N–H and O–H groups in total. The molecular formula is C14H23NO. The van der Waals surface area contributed by atoms with Gasteiger partial charge >= 0.3 is 0 Å². The average Bonchev–Trinajstić information content (AvgIpc) is 2.16. The maximum Gasteiger partial charge on any atom is 0.0871 e. The number of rotatable bonds is 4. The molecule has 0 heterocycles. The van der Waals surface area contributed by atoms with Crippen LogP contribution in [0.4, 0.5) is 0 Å². The first-order valence-corrected chi connectivity index (χ1v) is 5.68. The summed E-state index contributed by atoms with van der Waals surface area (Å²) in [5, 5.41) is 0. The molecular weight excluding hydrogens is 198 g/mol. The summed E-state index contributed by atoms with van der Waals surface area (Å²) in [4.78, 5) is 0. The van der Waals surface area contributed by atoms with Gasteiger partial charge in [-0.25, -0.2) is 0 Å². The van der Waals surface area contributed by atoms with E-state index in [1.54, 1.807) is 7.11 Å². The van der Waals surface area contributed by atoms with E-state index < -0.39 is 0 Å². The van der Waals surface area contributed by atoms with Crippen molar-refractivity contribution < 1.29 is 4.74 Å². The third kappa shape index (κ3) is 3.62. The van der Waals surface area contributed by atoms with E-state index in [0.29, 0.717) is 0 Å². The van der Waals surface area contributed by atoms with Gasteiger partial charge in [0.05, 0.1) is 5.60 Å². The van der Waals surface area contributed by atoms with Crippen LogP contribution < -0.4 is 5.73 Å². The van der Waals surface area contributed by atoms with Crippen molar-refractivity contribution in [3.8, 4) is 0 Å². The fourth-order valence-corrected chi connectivity index (χ4v) is 1.67. The van der Waals surface area contributed by atoms with Gasteiger partial charge in [0, 0.05) is 12.6 Å². The Morgan fingerprint density at radius 1 is 1.06 bits per heavy atom. The third-order valence-corrected chi connectivity index (χ3v) is 2.82. The highest BCUT2D eigenvalue weighted by atomic mass is 16.5. The molecule has 0 aliphatic carbocycles. The van der Waals surface area contributed by atoms with Crippen LogP contribution in [-0.4, -0.2) is 12.6 Å². The summed E-state index contributed by atoms with van der Waals surface area (Å²) in [5.74, 6) is 0. The number of ether oxygens (including phenoxy) is 1. The van der Waals surface area contributed by atoms with Crippen LogP contribution in [0.1, 0.15) is 38.8 Å². The Labute approximate surface area is 98.8 Å². The molecule has 90 valence electrons. The van der Waals surface area contributed by atoms with Crippen molar-refractivity contribution in [3.05, 3.63) is 35.4 Å². The van der Waals surface area contributed by atoms with Crippen LogP contribution in [0.3, 0.4) is 0 Å². The molecule has 0 amide bonds. The molecule has 1 rings (SSSR count). The van der Waals surface area contributed by atoms with Gasteiger partial charge in [-0.15, -0.1) is 0 Å². The largest absolute Gasteiger partial charge is 0.374 e. The van der Waals surface area contributed by atoms with Crippen molar-refractivity contribution in [2.45, 2.75) is 45.3 Å². The lowest BCUT2D eigenvalue weighted by Gasteiger charge is -2.24. The molecule has 0 fully saturated rings. The molecule has 0 saturated carbocycles. The molecule has 0 bridgehead atoms. The highest BCUT2D eigenvalue weighted by Gasteiger charge is 2.19. The van der Waals surface area contributed by atoms with Crippen LogP contribution >= 0.6 is 0 Å².